The third kappa shape index (κ3) is 6.55. The molecule has 5 rings (SSSR count). The van der Waals surface area contributed by atoms with Gasteiger partial charge in [-0.1, -0.05) is 30.3 Å². The van der Waals surface area contributed by atoms with Gasteiger partial charge in [-0.25, -0.2) is 0 Å². The van der Waals surface area contributed by atoms with Gasteiger partial charge < -0.3 is 25.5 Å². The minimum Gasteiger partial charge on any atom is -0.506 e. The van der Waals surface area contributed by atoms with Crippen LogP contribution >= 0.6 is 0 Å². The van der Waals surface area contributed by atoms with Crippen molar-refractivity contribution in [1.82, 2.24) is 15.0 Å². The summed E-state index contributed by atoms with van der Waals surface area (Å²) in [5.41, 5.74) is 1.87. The van der Waals surface area contributed by atoms with E-state index >= 15 is 0 Å². The van der Waals surface area contributed by atoms with E-state index in [0.717, 1.165) is 57.4 Å². The summed E-state index contributed by atoms with van der Waals surface area (Å²) in [4.78, 5) is 31.0. The summed E-state index contributed by atoms with van der Waals surface area (Å²) < 4.78 is 0. The van der Waals surface area contributed by atoms with Crippen molar-refractivity contribution in [2.75, 3.05) is 46.6 Å². The molecular weight excluding hydrogens is 466 g/mol. The zero-order valence-corrected chi connectivity index (χ0v) is 20.9. The number of nitrogens with one attached hydrogen (secondary N) is 2. The van der Waals surface area contributed by atoms with E-state index in [1.165, 1.54) is 18.9 Å². The van der Waals surface area contributed by atoms with E-state index in [4.69, 9.17) is 15.0 Å². The smallest absolute Gasteiger partial charge is 0.248 e. The molecule has 0 aliphatic carbocycles. The largest absolute Gasteiger partial charge is 0.506 e. The Morgan fingerprint density at radius 1 is 0.811 bits per heavy atom. The fraction of sp³-hybridized carbons (Fsp3) is 0.357. The van der Waals surface area contributed by atoms with Gasteiger partial charge in [0.05, 0.1) is 5.69 Å². The van der Waals surface area contributed by atoms with Gasteiger partial charge in [-0.3, -0.25) is 4.79 Å². The molecule has 1 amide bonds. The van der Waals surface area contributed by atoms with Crippen molar-refractivity contribution >= 4 is 41.2 Å². The molecule has 9 heteroatoms. The summed E-state index contributed by atoms with van der Waals surface area (Å²) in [6.45, 7) is 3.77. The Labute approximate surface area is 217 Å². The minimum absolute atomic E-state index is 0.0481. The van der Waals surface area contributed by atoms with Gasteiger partial charge in [0.15, 0.2) is 0 Å². The van der Waals surface area contributed by atoms with Gasteiger partial charge in [0.2, 0.25) is 23.8 Å². The predicted molar refractivity (Wildman–Crippen MR) is 147 cm³/mol. The first kappa shape index (κ1) is 24.5. The summed E-state index contributed by atoms with van der Waals surface area (Å²) >= 11 is 0. The molecule has 2 aliphatic rings. The van der Waals surface area contributed by atoms with Crippen LogP contribution in [-0.4, -0.2) is 52.1 Å². The number of benzene rings is 2. The lowest BCUT2D eigenvalue weighted by atomic mass is 10.1. The first-order valence-electron chi connectivity index (χ1n) is 13.0. The van der Waals surface area contributed by atoms with Crippen LogP contribution in [-0.2, 0) is 4.79 Å². The van der Waals surface area contributed by atoms with Crippen molar-refractivity contribution < 1.29 is 9.90 Å². The molecule has 0 radical (unpaired) electrons. The van der Waals surface area contributed by atoms with E-state index in [-0.39, 0.29) is 11.7 Å². The number of nitrogens with zero attached hydrogens (tertiary/aromatic N) is 5. The molecule has 2 saturated heterocycles. The summed E-state index contributed by atoms with van der Waals surface area (Å²) in [5.74, 6) is 1.45. The maximum atomic E-state index is 12.3. The predicted octanol–water partition coefficient (Wildman–Crippen LogP) is 4.95. The highest BCUT2D eigenvalue weighted by Crippen LogP contribution is 2.29. The number of phenols is 1. The molecule has 37 heavy (non-hydrogen) atoms. The molecule has 0 bridgehead atoms. The van der Waals surface area contributed by atoms with Crippen molar-refractivity contribution in [3.05, 3.63) is 60.2 Å². The summed E-state index contributed by atoms with van der Waals surface area (Å²) in [6.07, 6.45) is 10.2. The SMILES string of the molecule is O=C(C=Cc1ccccc1)Nc1ccc(Nc2nc(N3CCCCC3)nc(N3CCCCC3)n2)cc1O. The van der Waals surface area contributed by atoms with E-state index in [9.17, 15) is 9.90 Å². The van der Waals surface area contributed by atoms with Crippen LogP contribution in [0.25, 0.3) is 6.08 Å². The van der Waals surface area contributed by atoms with E-state index in [2.05, 4.69) is 20.4 Å². The van der Waals surface area contributed by atoms with Crippen molar-refractivity contribution in [1.29, 1.82) is 0 Å². The van der Waals surface area contributed by atoms with Crippen molar-refractivity contribution in [3.8, 4) is 5.75 Å². The highest BCUT2D eigenvalue weighted by atomic mass is 16.3. The normalized spacial score (nSPS) is 16.1. The average molecular weight is 500 g/mol. The standard InChI is InChI=1S/C28H33N7O2/c36-24-20-22(13-14-23(24)30-25(37)15-12-21-10-4-1-5-11-21)29-26-31-27(34-16-6-2-7-17-34)33-28(32-26)35-18-8-3-9-19-35/h1,4-5,10-15,20,36H,2-3,6-9,16-19H2,(H,30,37)(H,29,31,32,33). The molecular formula is C28H33N7O2. The number of aromatic hydroxyl groups is 1. The lowest BCUT2D eigenvalue weighted by molar-refractivity contribution is -0.111. The second kappa shape index (κ2) is 11.7. The number of rotatable bonds is 7. The molecule has 0 spiro atoms. The number of anilines is 5. The van der Waals surface area contributed by atoms with Crippen LogP contribution in [0.2, 0.25) is 0 Å². The quantitative estimate of drug-likeness (QED) is 0.310. The van der Waals surface area contributed by atoms with Gasteiger partial charge in [0, 0.05) is 44.0 Å². The van der Waals surface area contributed by atoms with Crippen LogP contribution < -0.4 is 20.4 Å². The molecule has 1 aromatic heterocycles. The highest BCUT2D eigenvalue weighted by Gasteiger charge is 2.20. The topological polar surface area (TPSA) is 107 Å². The van der Waals surface area contributed by atoms with Gasteiger partial charge in [-0.15, -0.1) is 0 Å². The van der Waals surface area contributed by atoms with Gasteiger partial charge in [0.1, 0.15) is 5.75 Å². The molecule has 2 aliphatic heterocycles. The van der Waals surface area contributed by atoms with Crippen LogP contribution in [0.4, 0.5) is 29.2 Å². The summed E-state index contributed by atoms with van der Waals surface area (Å²) in [5, 5.41) is 16.5. The zero-order chi connectivity index (χ0) is 25.5. The molecule has 3 N–H and O–H groups in total. The summed E-state index contributed by atoms with van der Waals surface area (Å²) in [7, 11) is 0. The lowest BCUT2D eigenvalue weighted by Crippen LogP contribution is -2.34. The lowest BCUT2D eigenvalue weighted by Gasteiger charge is -2.30. The van der Waals surface area contributed by atoms with E-state index in [0.29, 0.717) is 29.2 Å². The first-order valence-corrected chi connectivity index (χ1v) is 13.0. The van der Waals surface area contributed by atoms with E-state index in [1.807, 2.05) is 30.3 Å². The van der Waals surface area contributed by atoms with Crippen LogP contribution in [0.15, 0.2) is 54.6 Å². The third-order valence-electron chi connectivity index (χ3n) is 6.63. The molecule has 2 fully saturated rings. The molecule has 3 heterocycles. The number of aromatic nitrogens is 3. The van der Waals surface area contributed by atoms with Crippen LogP contribution in [0.5, 0.6) is 5.75 Å². The van der Waals surface area contributed by atoms with E-state index < -0.39 is 0 Å². The van der Waals surface area contributed by atoms with Gasteiger partial charge in [0.25, 0.3) is 0 Å². The number of carbonyl (C=O) groups is 1. The Bertz CT molecular complexity index is 1200. The second-order valence-electron chi connectivity index (χ2n) is 9.44. The van der Waals surface area contributed by atoms with Gasteiger partial charge in [-0.05, 0) is 62.3 Å². The Hall–Kier alpha value is -4.14. The number of amides is 1. The number of hydrogen-bond acceptors (Lipinski definition) is 8. The molecule has 0 saturated carbocycles. The fourth-order valence-corrected chi connectivity index (χ4v) is 4.64. The first-order chi connectivity index (χ1) is 18.1. The van der Waals surface area contributed by atoms with Crippen LogP contribution in [0.1, 0.15) is 44.1 Å². The number of piperidine rings is 2. The monoisotopic (exact) mass is 499 g/mol. The Morgan fingerprint density at radius 2 is 1.43 bits per heavy atom. The Morgan fingerprint density at radius 3 is 2.03 bits per heavy atom. The molecule has 0 unspecified atom stereocenters. The second-order valence-corrected chi connectivity index (χ2v) is 9.44. The maximum absolute atomic E-state index is 12.3. The van der Waals surface area contributed by atoms with Crippen molar-refractivity contribution in [2.45, 2.75) is 38.5 Å². The Balaban J connectivity index is 1.31. The number of hydrogen-bond donors (Lipinski definition) is 3. The molecule has 9 nitrogen and oxygen atoms in total. The third-order valence-corrected chi connectivity index (χ3v) is 6.63. The highest BCUT2D eigenvalue weighted by molar-refractivity contribution is 6.02. The molecule has 192 valence electrons. The fourth-order valence-electron chi connectivity index (χ4n) is 4.64. The molecule has 2 aromatic carbocycles. The zero-order valence-electron chi connectivity index (χ0n) is 20.9. The van der Waals surface area contributed by atoms with Crippen molar-refractivity contribution in [2.24, 2.45) is 0 Å². The number of carbonyl (C=O) groups excluding carboxylic acids is 1. The van der Waals surface area contributed by atoms with Crippen molar-refractivity contribution in [3.63, 3.8) is 0 Å². The Kier molecular flexibility index (Phi) is 7.78. The minimum atomic E-state index is -0.324. The van der Waals surface area contributed by atoms with Crippen LogP contribution in [0, 0.1) is 0 Å². The van der Waals surface area contributed by atoms with Crippen LogP contribution in [0.3, 0.4) is 0 Å². The van der Waals surface area contributed by atoms with E-state index in [1.54, 1.807) is 24.3 Å². The number of phenolic OH excluding ortho intramolecular Hbond substituents is 1. The molecule has 3 aromatic rings. The average Bonchev–Trinajstić information content (AvgIpc) is 2.95. The van der Waals surface area contributed by atoms with Gasteiger partial charge in [-0.2, -0.15) is 15.0 Å². The summed E-state index contributed by atoms with van der Waals surface area (Å²) in [6, 6.07) is 14.6. The molecule has 0 atom stereocenters. The van der Waals surface area contributed by atoms with Gasteiger partial charge >= 0.3 is 0 Å². The maximum Gasteiger partial charge on any atom is 0.248 e.